The van der Waals surface area contributed by atoms with Crippen LogP contribution in [-0.2, 0) is 0 Å². The number of carbonyl (C=O) groups excluding carboxylic acids is 1. The third-order valence-electron chi connectivity index (χ3n) is 2.79. The Morgan fingerprint density at radius 3 is 2.50 bits per heavy atom. The number of Topliss-reactive ketones (excluding diaryl/α,β-unsaturated/α-hetero) is 1. The molecule has 1 atom stereocenters. The molecule has 0 N–H and O–H groups in total. The van der Waals surface area contributed by atoms with Crippen LogP contribution in [-0.4, -0.2) is 5.78 Å². The number of ketones is 1. The van der Waals surface area contributed by atoms with Crippen molar-refractivity contribution in [1.29, 1.82) is 5.26 Å². The van der Waals surface area contributed by atoms with Crippen molar-refractivity contribution in [3.8, 4) is 6.07 Å². The van der Waals surface area contributed by atoms with Crippen LogP contribution in [0.2, 0.25) is 5.02 Å². The van der Waals surface area contributed by atoms with E-state index in [4.69, 9.17) is 11.6 Å². The highest BCUT2D eigenvalue weighted by Gasteiger charge is 2.23. The van der Waals surface area contributed by atoms with E-state index in [2.05, 4.69) is 44.6 Å². The standard InChI is InChI=1S/C15H8BrClINO/c16-10-3-6-14(18)12(7-10)15(20)13(8-19)9-1-4-11(17)5-2-9/h1-7,13H. The van der Waals surface area contributed by atoms with Crippen molar-refractivity contribution in [3.05, 3.63) is 66.7 Å². The number of hydrogen-bond donors (Lipinski definition) is 0. The molecule has 0 aliphatic heterocycles. The third-order valence-corrected chi connectivity index (χ3v) is 4.47. The smallest absolute Gasteiger partial charge is 0.185 e. The van der Waals surface area contributed by atoms with Gasteiger partial charge < -0.3 is 0 Å². The van der Waals surface area contributed by atoms with Gasteiger partial charge in [-0.3, -0.25) is 4.79 Å². The largest absolute Gasteiger partial charge is 0.292 e. The summed E-state index contributed by atoms with van der Waals surface area (Å²) in [5.41, 5.74) is 1.19. The molecule has 0 saturated heterocycles. The van der Waals surface area contributed by atoms with Gasteiger partial charge in [-0.2, -0.15) is 5.26 Å². The van der Waals surface area contributed by atoms with Gasteiger partial charge in [-0.1, -0.05) is 39.7 Å². The van der Waals surface area contributed by atoms with Crippen LogP contribution in [0.3, 0.4) is 0 Å². The minimum atomic E-state index is -0.824. The first kappa shape index (κ1) is 15.5. The lowest BCUT2D eigenvalue weighted by molar-refractivity contribution is 0.0978. The fourth-order valence-electron chi connectivity index (χ4n) is 1.78. The average Bonchev–Trinajstić information content (AvgIpc) is 2.44. The number of rotatable bonds is 3. The summed E-state index contributed by atoms with van der Waals surface area (Å²) in [5.74, 6) is -1.03. The molecule has 0 saturated carbocycles. The van der Waals surface area contributed by atoms with Gasteiger partial charge in [0.1, 0.15) is 5.92 Å². The molecule has 0 radical (unpaired) electrons. The summed E-state index contributed by atoms with van der Waals surface area (Å²) in [6.07, 6.45) is 0. The molecule has 0 fully saturated rings. The summed E-state index contributed by atoms with van der Waals surface area (Å²) in [6, 6.07) is 14.3. The normalized spacial score (nSPS) is 11.7. The van der Waals surface area contributed by atoms with Crippen LogP contribution in [0.5, 0.6) is 0 Å². The van der Waals surface area contributed by atoms with E-state index < -0.39 is 5.92 Å². The Balaban J connectivity index is 2.42. The molecule has 0 amide bonds. The Bertz CT molecular complexity index is 694. The maximum Gasteiger partial charge on any atom is 0.185 e. The zero-order chi connectivity index (χ0) is 14.7. The highest BCUT2D eigenvalue weighted by molar-refractivity contribution is 14.1. The van der Waals surface area contributed by atoms with Crippen LogP contribution < -0.4 is 0 Å². The third kappa shape index (κ3) is 3.40. The first-order valence-electron chi connectivity index (χ1n) is 5.67. The van der Waals surface area contributed by atoms with Crippen molar-refractivity contribution in [1.82, 2.24) is 0 Å². The van der Waals surface area contributed by atoms with E-state index >= 15 is 0 Å². The summed E-state index contributed by atoms with van der Waals surface area (Å²) in [5, 5.41) is 9.90. The van der Waals surface area contributed by atoms with Gasteiger partial charge in [0.05, 0.1) is 6.07 Å². The SMILES string of the molecule is N#CC(C(=O)c1cc(Br)ccc1I)c1ccc(Cl)cc1. The minimum Gasteiger partial charge on any atom is -0.292 e. The molecule has 100 valence electrons. The predicted octanol–water partition coefficient (Wildman–Crippen LogP) is 5.20. The van der Waals surface area contributed by atoms with Crippen LogP contribution in [0.1, 0.15) is 21.8 Å². The summed E-state index contributed by atoms with van der Waals surface area (Å²) in [6.45, 7) is 0. The van der Waals surface area contributed by atoms with Crippen LogP contribution in [0.15, 0.2) is 46.9 Å². The first-order valence-corrected chi connectivity index (χ1v) is 7.92. The molecule has 0 aromatic heterocycles. The van der Waals surface area contributed by atoms with Crippen molar-refractivity contribution in [3.63, 3.8) is 0 Å². The Morgan fingerprint density at radius 1 is 1.25 bits per heavy atom. The fourth-order valence-corrected chi connectivity index (χ4v) is 2.87. The van der Waals surface area contributed by atoms with Gasteiger partial charge in [-0.05, 0) is 58.5 Å². The lowest BCUT2D eigenvalue weighted by Crippen LogP contribution is -2.12. The Labute approximate surface area is 144 Å². The molecule has 2 nitrogen and oxygen atoms in total. The molecule has 0 spiro atoms. The van der Waals surface area contributed by atoms with Gasteiger partial charge in [-0.25, -0.2) is 0 Å². The maximum atomic E-state index is 12.6. The molecule has 0 bridgehead atoms. The molecule has 0 aliphatic carbocycles. The zero-order valence-corrected chi connectivity index (χ0v) is 14.6. The molecule has 0 aliphatic rings. The Morgan fingerprint density at radius 2 is 1.90 bits per heavy atom. The number of nitrogens with zero attached hydrogens (tertiary/aromatic N) is 1. The van der Waals surface area contributed by atoms with Gasteiger partial charge in [0.2, 0.25) is 0 Å². The lowest BCUT2D eigenvalue weighted by atomic mass is 9.92. The molecule has 2 rings (SSSR count). The van der Waals surface area contributed by atoms with Gasteiger partial charge in [0, 0.05) is 18.6 Å². The Kier molecular flexibility index (Phi) is 5.19. The van der Waals surface area contributed by atoms with Crippen molar-refractivity contribution in [2.24, 2.45) is 0 Å². The minimum absolute atomic E-state index is 0.208. The van der Waals surface area contributed by atoms with Gasteiger partial charge >= 0.3 is 0 Å². The van der Waals surface area contributed by atoms with E-state index in [0.717, 1.165) is 8.04 Å². The van der Waals surface area contributed by atoms with E-state index in [1.807, 2.05) is 12.1 Å². The van der Waals surface area contributed by atoms with Gasteiger partial charge in [0.25, 0.3) is 0 Å². The second-order valence-electron chi connectivity index (χ2n) is 4.10. The van der Waals surface area contributed by atoms with Crippen molar-refractivity contribution >= 4 is 55.9 Å². The predicted molar refractivity (Wildman–Crippen MR) is 91.0 cm³/mol. The quantitative estimate of drug-likeness (QED) is 0.467. The van der Waals surface area contributed by atoms with Gasteiger partial charge in [0.15, 0.2) is 5.78 Å². The average molecular weight is 460 g/mol. The second kappa shape index (κ2) is 6.70. The molecule has 1 unspecified atom stereocenters. The molecular weight excluding hydrogens is 452 g/mol. The topological polar surface area (TPSA) is 40.9 Å². The summed E-state index contributed by atoms with van der Waals surface area (Å²) in [7, 11) is 0. The van der Waals surface area contributed by atoms with Crippen LogP contribution >= 0.6 is 50.1 Å². The highest BCUT2D eigenvalue weighted by atomic mass is 127. The van der Waals surface area contributed by atoms with Gasteiger partial charge in [-0.15, -0.1) is 0 Å². The van der Waals surface area contributed by atoms with E-state index in [1.165, 1.54) is 0 Å². The van der Waals surface area contributed by atoms with E-state index in [0.29, 0.717) is 16.1 Å². The molecule has 20 heavy (non-hydrogen) atoms. The van der Waals surface area contributed by atoms with Crippen molar-refractivity contribution in [2.45, 2.75) is 5.92 Å². The summed E-state index contributed by atoms with van der Waals surface area (Å²) < 4.78 is 1.64. The van der Waals surface area contributed by atoms with E-state index in [-0.39, 0.29) is 5.78 Å². The van der Waals surface area contributed by atoms with Crippen molar-refractivity contribution < 1.29 is 4.79 Å². The molecule has 2 aromatic carbocycles. The van der Waals surface area contributed by atoms with Crippen molar-refractivity contribution in [2.75, 3.05) is 0 Å². The number of halogens is 3. The number of carbonyl (C=O) groups is 1. The summed E-state index contributed by atoms with van der Waals surface area (Å²) in [4.78, 5) is 12.6. The second-order valence-corrected chi connectivity index (χ2v) is 6.62. The molecular formula is C15H8BrClINO. The maximum absolute atomic E-state index is 12.6. The first-order chi connectivity index (χ1) is 9.52. The molecule has 2 aromatic rings. The van der Waals surface area contributed by atoms with Crippen LogP contribution in [0.25, 0.3) is 0 Å². The highest BCUT2D eigenvalue weighted by Crippen LogP contribution is 2.26. The zero-order valence-electron chi connectivity index (χ0n) is 10.1. The van der Waals surface area contributed by atoms with E-state index in [9.17, 15) is 10.1 Å². The number of benzene rings is 2. The summed E-state index contributed by atoms with van der Waals surface area (Å²) >= 11 is 11.3. The number of nitriles is 1. The Hall–Kier alpha value is -0.900. The molecule has 5 heteroatoms. The molecule has 0 heterocycles. The van der Waals surface area contributed by atoms with Crippen LogP contribution in [0.4, 0.5) is 0 Å². The fraction of sp³-hybridized carbons (Fsp3) is 0.0667. The monoisotopic (exact) mass is 459 g/mol. The lowest BCUT2D eigenvalue weighted by Gasteiger charge is -2.10. The number of hydrogen-bond acceptors (Lipinski definition) is 2. The van der Waals surface area contributed by atoms with E-state index in [1.54, 1.807) is 30.3 Å². The van der Waals surface area contributed by atoms with Crippen LogP contribution in [0, 0.1) is 14.9 Å².